The number of thiazole rings is 1. The Kier molecular flexibility index (Phi) is 3.93. The van der Waals surface area contributed by atoms with Crippen LogP contribution in [0.25, 0.3) is 0 Å². The Morgan fingerprint density at radius 1 is 1.32 bits per heavy atom. The van der Waals surface area contributed by atoms with E-state index in [0.29, 0.717) is 16.7 Å². The summed E-state index contributed by atoms with van der Waals surface area (Å²) in [5.41, 5.74) is -1.46. The van der Waals surface area contributed by atoms with E-state index >= 15 is 0 Å². The molecule has 2 nitrogen and oxygen atoms in total. The summed E-state index contributed by atoms with van der Waals surface area (Å²) in [4.78, 5) is 3.91. The molecule has 0 radical (unpaired) electrons. The standard InChI is InChI=1S/C11H6BrF4NOS/c12-8-4-19-10(17-8)9(18)5-1-2-7(13)6(3-5)11(14,15)16/h1-4,9,18H. The number of aliphatic hydroxyl groups excluding tert-OH is 1. The van der Waals surface area contributed by atoms with Crippen LogP contribution in [-0.4, -0.2) is 10.1 Å². The second kappa shape index (κ2) is 5.18. The maximum Gasteiger partial charge on any atom is 0.419 e. The second-order valence-corrected chi connectivity index (χ2v) is 5.35. The van der Waals surface area contributed by atoms with Crippen molar-refractivity contribution in [2.75, 3.05) is 0 Å². The molecule has 1 atom stereocenters. The summed E-state index contributed by atoms with van der Waals surface area (Å²) in [6.07, 6.45) is -6.12. The number of benzene rings is 1. The van der Waals surface area contributed by atoms with E-state index < -0.39 is 23.7 Å². The molecule has 2 rings (SSSR count). The largest absolute Gasteiger partial charge is 0.419 e. The van der Waals surface area contributed by atoms with Gasteiger partial charge in [0, 0.05) is 5.38 Å². The molecule has 0 bridgehead atoms. The van der Waals surface area contributed by atoms with Crippen LogP contribution < -0.4 is 0 Å². The van der Waals surface area contributed by atoms with Crippen molar-refractivity contribution in [1.29, 1.82) is 0 Å². The summed E-state index contributed by atoms with van der Waals surface area (Å²) >= 11 is 4.17. The first-order valence-electron chi connectivity index (χ1n) is 4.94. The highest BCUT2D eigenvalue weighted by atomic mass is 79.9. The van der Waals surface area contributed by atoms with Crippen molar-refractivity contribution in [3.63, 3.8) is 0 Å². The fraction of sp³-hybridized carbons (Fsp3) is 0.182. The zero-order valence-corrected chi connectivity index (χ0v) is 11.5. The third-order valence-corrected chi connectivity index (χ3v) is 3.95. The summed E-state index contributed by atoms with van der Waals surface area (Å²) in [5.74, 6) is -1.37. The molecule has 0 amide bonds. The topological polar surface area (TPSA) is 33.1 Å². The number of halogens is 5. The van der Waals surface area contributed by atoms with Gasteiger partial charge in [-0.25, -0.2) is 9.37 Å². The number of rotatable bonds is 2. The number of aromatic nitrogens is 1. The van der Waals surface area contributed by atoms with Gasteiger partial charge in [0.1, 0.15) is 21.5 Å². The second-order valence-electron chi connectivity index (χ2n) is 3.65. The van der Waals surface area contributed by atoms with Gasteiger partial charge < -0.3 is 5.11 Å². The van der Waals surface area contributed by atoms with Crippen molar-refractivity contribution in [3.8, 4) is 0 Å². The van der Waals surface area contributed by atoms with Gasteiger partial charge in [0.25, 0.3) is 0 Å². The molecule has 1 aromatic heterocycles. The van der Waals surface area contributed by atoms with E-state index in [2.05, 4.69) is 20.9 Å². The molecule has 0 aliphatic carbocycles. The van der Waals surface area contributed by atoms with Gasteiger partial charge in [0.15, 0.2) is 0 Å². The Hall–Kier alpha value is -0.990. The van der Waals surface area contributed by atoms with Crippen molar-refractivity contribution in [2.24, 2.45) is 0 Å². The maximum absolute atomic E-state index is 13.1. The Labute approximate surface area is 117 Å². The zero-order valence-electron chi connectivity index (χ0n) is 9.08. The zero-order chi connectivity index (χ0) is 14.2. The summed E-state index contributed by atoms with van der Waals surface area (Å²) in [6.45, 7) is 0. The lowest BCUT2D eigenvalue weighted by Gasteiger charge is -2.12. The summed E-state index contributed by atoms with van der Waals surface area (Å²) in [7, 11) is 0. The maximum atomic E-state index is 13.1. The summed E-state index contributed by atoms with van der Waals surface area (Å²) < 4.78 is 51.3. The van der Waals surface area contributed by atoms with Crippen LogP contribution in [0.2, 0.25) is 0 Å². The van der Waals surface area contributed by atoms with E-state index in [1.165, 1.54) is 0 Å². The monoisotopic (exact) mass is 355 g/mol. The smallest absolute Gasteiger partial charge is 0.381 e. The predicted molar refractivity (Wildman–Crippen MR) is 65.3 cm³/mol. The van der Waals surface area contributed by atoms with Gasteiger partial charge in [-0.1, -0.05) is 6.07 Å². The summed E-state index contributed by atoms with van der Waals surface area (Å²) in [5, 5.41) is 11.7. The van der Waals surface area contributed by atoms with Crippen LogP contribution in [0.4, 0.5) is 17.6 Å². The van der Waals surface area contributed by atoms with Crippen molar-refractivity contribution in [2.45, 2.75) is 12.3 Å². The normalized spacial score (nSPS) is 13.6. The molecule has 102 valence electrons. The van der Waals surface area contributed by atoms with E-state index in [1.54, 1.807) is 5.38 Å². The molecule has 0 spiro atoms. The minimum Gasteiger partial charge on any atom is -0.381 e. The average Bonchev–Trinajstić information content (AvgIpc) is 2.74. The van der Waals surface area contributed by atoms with Crippen LogP contribution in [-0.2, 0) is 6.18 Å². The lowest BCUT2D eigenvalue weighted by atomic mass is 10.1. The quantitative estimate of drug-likeness (QED) is 0.821. The SMILES string of the molecule is OC(c1ccc(F)c(C(F)(F)F)c1)c1nc(Br)cs1. The molecule has 2 aromatic rings. The van der Waals surface area contributed by atoms with Crippen LogP contribution in [0.15, 0.2) is 28.2 Å². The molecular formula is C11H6BrF4NOS. The van der Waals surface area contributed by atoms with Crippen LogP contribution in [0.1, 0.15) is 22.2 Å². The molecular weight excluding hydrogens is 350 g/mol. The first-order chi connectivity index (χ1) is 8.79. The molecule has 0 saturated carbocycles. The molecule has 1 aromatic carbocycles. The molecule has 0 aliphatic heterocycles. The van der Waals surface area contributed by atoms with Gasteiger partial charge in [-0.3, -0.25) is 0 Å². The van der Waals surface area contributed by atoms with Gasteiger partial charge >= 0.3 is 6.18 Å². The van der Waals surface area contributed by atoms with Crippen LogP contribution in [0.3, 0.4) is 0 Å². The van der Waals surface area contributed by atoms with Crippen LogP contribution >= 0.6 is 27.3 Å². The highest BCUT2D eigenvalue weighted by Gasteiger charge is 2.34. The molecule has 19 heavy (non-hydrogen) atoms. The van der Waals surface area contributed by atoms with Gasteiger partial charge in [-0.05, 0) is 33.6 Å². The van der Waals surface area contributed by atoms with Crippen molar-refractivity contribution in [3.05, 3.63) is 50.1 Å². The molecule has 0 saturated heterocycles. The molecule has 1 N–H and O–H groups in total. The average molecular weight is 356 g/mol. The Morgan fingerprint density at radius 3 is 2.53 bits per heavy atom. The van der Waals surface area contributed by atoms with Gasteiger partial charge in [0.05, 0.1) is 5.56 Å². The van der Waals surface area contributed by atoms with Crippen molar-refractivity contribution >= 4 is 27.3 Å². The van der Waals surface area contributed by atoms with Gasteiger partial charge in [0.2, 0.25) is 0 Å². The number of hydrogen-bond acceptors (Lipinski definition) is 3. The third kappa shape index (κ3) is 3.13. The lowest BCUT2D eigenvalue weighted by molar-refractivity contribution is -0.140. The first kappa shape index (κ1) is 14.4. The van der Waals surface area contributed by atoms with E-state index in [1.807, 2.05) is 0 Å². The fourth-order valence-electron chi connectivity index (χ4n) is 1.47. The van der Waals surface area contributed by atoms with Crippen LogP contribution in [0.5, 0.6) is 0 Å². The number of nitrogens with zero attached hydrogens (tertiary/aromatic N) is 1. The van der Waals surface area contributed by atoms with E-state index in [9.17, 15) is 22.7 Å². The Balaban J connectivity index is 2.41. The molecule has 0 aliphatic rings. The molecule has 0 fully saturated rings. The molecule has 8 heteroatoms. The van der Waals surface area contributed by atoms with E-state index in [4.69, 9.17) is 0 Å². The number of aliphatic hydroxyl groups is 1. The van der Waals surface area contributed by atoms with Gasteiger partial charge in [-0.2, -0.15) is 13.2 Å². The van der Waals surface area contributed by atoms with Crippen LogP contribution in [0, 0.1) is 5.82 Å². The minimum absolute atomic E-state index is 0.0597. The predicted octanol–water partition coefficient (Wildman–Crippen LogP) is 4.15. The van der Waals surface area contributed by atoms with E-state index in [0.717, 1.165) is 17.4 Å². The highest BCUT2D eigenvalue weighted by molar-refractivity contribution is 9.10. The van der Waals surface area contributed by atoms with E-state index in [-0.39, 0.29) is 10.6 Å². The summed E-state index contributed by atoms with van der Waals surface area (Å²) in [6, 6.07) is 2.38. The number of alkyl halides is 3. The minimum atomic E-state index is -4.80. The Bertz CT molecular complexity index is 599. The fourth-order valence-corrected chi connectivity index (χ4v) is 2.74. The molecule has 1 unspecified atom stereocenters. The molecule has 1 heterocycles. The highest BCUT2D eigenvalue weighted by Crippen LogP contribution is 2.34. The van der Waals surface area contributed by atoms with Crippen molar-refractivity contribution in [1.82, 2.24) is 4.98 Å². The number of hydrogen-bond donors (Lipinski definition) is 1. The van der Waals surface area contributed by atoms with Crippen molar-refractivity contribution < 1.29 is 22.7 Å². The third-order valence-electron chi connectivity index (χ3n) is 2.34. The Morgan fingerprint density at radius 2 is 2.00 bits per heavy atom. The van der Waals surface area contributed by atoms with Gasteiger partial charge in [-0.15, -0.1) is 11.3 Å². The lowest BCUT2D eigenvalue weighted by Crippen LogP contribution is -2.10. The first-order valence-corrected chi connectivity index (χ1v) is 6.62.